The van der Waals surface area contributed by atoms with E-state index in [2.05, 4.69) is 10.2 Å². The smallest absolute Gasteiger partial charge is 0.325 e. The van der Waals surface area contributed by atoms with Crippen LogP contribution in [0.2, 0.25) is 0 Å². The van der Waals surface area contributed by atoms with Crippen LogP contribution in [0.1, 0.15) is 32.6 Å². The maximum Gasteiger partial charge on any atom is 0.325 e. The Labute approximate surface area is 185 Å². The average Bonchev–Trinajstić information content (AvgIpc) is 2.78. The molecule has 3 aliphatic heterocycles. The molecule has 172 valence electrons. The van der Waals surface area contributed by atoms with Crippen molar-refractivity contribution in [3.8, 4) is 0 Å². The summed E-state index contributed by atoms with van der Waals surface area (Å²) in [6.45, 7) is 7.04. The molecular formula is C19H34N4O5S2. The molecule has 0 radical (unpaired) electrons. The number of carbonyl (C=O) groups excluding carboxylic acids is 1. The molecule has 0 amide bonds. The van der Waals surface area contributed by atoms with E-state index in [-0.39, 0.29) is 12.5 Å². The number of likely N-dealkylation sites (tertiary alicyclic amines) is 1. The first-order valence-electron chi connectivity index (χ1n) is 10.9. The second-order valence-corrected chi connectivity index (χ2v) is 10.4. The molecule has 9 nitrogen and oxygen atoms in total. The van der Waals surface area contributed by atoms with Gasteiger partial charge in [-0.25, -0.2) is 0 Å². The van der Waals surface area contributed by atoms with Crippen LogP contribution in [-0.2, 0) is 24.5 Å². The van der Waals surface area contributed by atoms with Crippen molar-refractivity contribution in [2.45, 2.75) is 32.6 Å². The zero-order valence-corrected chi connectivity index (χ0v) is 19.4. The number of morpholine rings is 1. The Morgan fingerprint density at radius 2 is 1.53 bits per heavy atom. The highest BCUT2D eigenvalue weighted by atomic mass is 32.2. The number of nitrogens with one attached hydrogen (secondary N) is 1. The van der Waals surface area contributed by atoms with E-state index >= 15 is 0 Å². The Hall–Kier alpha value is -1.01. The van der Waals surface area contributed by atoms with Gasteiger partial charge in [0.05, 0.1) is 19.8 Å². The lowest BCUT2D eigenvalue weighted by Crippen LogP contribution is -2.51. The van der Waals surface area contributed by atoms with Gasteiger partial charge in [-0.3, -0.25) is 4.79 Å². The number of nitrogens with zero attached hydrogens (tertiary/aromatic N) is 3. The van der Waals surface area contributed by atoms with Crippen molar-refractivity contribution in [2.75, 3.05) is 65.6 Å². The molecule has 11 heteroatoms. The van der Waals surface area contributed by atoms with Crippen LogP contribution in [0, 0.1) is 11.8 Å². The van der Waals surface area contributed by atoms with E-state index < -0.39 is 10.2 Å². The van der Waals surface area contributed by atoms with Gasteiger partial charge < -0.3 is 19.7 Å². The third kappa shape index (κ3) is 6.03. The van der Waals surface area contributed by atoms with Gasteiger partial charge in [0.25, 0.3) is 10.2 Å². The summed E-state index contributed by atoms with van der Waals surface area (Å²) < 4.78 is 39.0. The van der Waals surface area contributed by atoms with Crippen LogP contribution in [-0.4, -0.2) is 98.6 Å². The summed E-state index contributed by atoms with van der Waals surface area (Å²) in [6.07, 6.45) is 3.92. The molecule has 0 saturated carbocycles. The van der Waals surface area contributed by atoms with Gasteiger partial charge in [-0.2, -0.15) is 17.0 Å². The van der Waals surface area contributed by atoms with Crippen LogP contribution >= 0.6 is 12.2 Å². The lowest BCUT2D eigenvalue weighted by atomic mass is 9.79. The Bertz CT molecular complexity index is 683. The largest absolute Gasteiger partial charge is 0.465 e. The van der Waals surface area contributed by atoms with E-state index in [9.17, 15) is 13.2 Å². The first-order chi connectivity index (χ1) is 14.4. The molecule has 3 saturated heterocycles. The fraction of sp³-hybridized carbons (Fsp3) is 0.895. The Balaban J connectivity index is 1.40. The summed E-state index contributed by atoms with van der Waals surface area (Å²) in [5.41, 5.74) is 0. The zero-order valence-electron chi connectivity index (χ0n) is 17.8. The van der Waals surface area contributed by atoms with Gasteiger partial charge in [-0.05, 0) is 56.7 Å². The van der Waals surface area contributed by atoms with Crippen LogP contribution in [0.15, 0.2) is 0 Å². The Morgan fingerprint density at radius 1 is 1.00 bits per heavy atom. The van der Waals surface area contributed by atoms with Gasteiger partial charge in [-0.15, -0.1) is 0 Å². The topological polar surface area (TPSA) is 91.4 Å². The SMILES string of the molecule is CCOC(=O)CNC(=S)N1CCC(C2CCN(S(=O)(=O)N3CCOCC3)CC2)CC1. The normalized spacial score (nSPS) is 23.3. The Kier molecular flexibility index (Phi) is 8.70. The van der Waals surface area contributed by atoms with Crippen molar-refractivity contribution in [1.82, 2.24) is 18.8 Å². The quantitative estimate of drug-likeness (QED) is 0.449. The summed E-state index contributed by atoms with van der Waals surface area (Å²) in [7, 11) is -3.36. The molecule has 3 rings (SSSR count). The predicted molar refractivity (Wildman–Crippen MR) is 117 cm³/mol. The minimum atomic E-state index is -3.36. The summed E-state index contributed by atoms with van der Waals surface area (Å²) in [5.74, 6) is 0.861. The molecule has 0 aromatic carbocycles. The van der Waals surface area contributed by atoms with Crippen molar-refractivity contribution in [2.24, 2.45) is 11.8 Å². The highest BCUT2D eigenvalue weighted by Crippen LogP contribution is 2.33. The first-order valence-corrected chi connectivity index (χ1v) is 12.7. The molecule has 0 aromatic heterocycles. The van der Waals surface area contributed by atoms with Gasteiger partial charge in [0, 0.05) is 39.3 Å². The van der Waals surface area contributed by atoms with Crippen molar-refractivity contribution in [3.63, 3.8) is 0 Å². The number of ether oxygens (including phenoxy) is 2. The van der Waals surface area contributed by atoms with Gasteiger partial charge >= 0.3 is 5.97 Å². The molecule has 3 fully saturated rings. The number of piperidine rings is 2. The minimum absolute atomic E-state index is 0.0999. The van der Waals surface area contributed by atoms with E-state index in [1.807, 2.05) is 0 Å². The maximum absolute atomic E-state index is 12.8. The second kappa shape index (κ2) is 11.0. The van der Waals surface area contributed by atoms with Crippen LogP contribution in [0.3, 0.4) is 0 Å². The fourth-order valence-corrected chi connectivity index (χ4v) is 6.43. The minimum Gasteiger partial charge on any atom is -0.465 e. The summed E-state index contributed by atoms with van der Waals surface area (Å²) in [4.78, 5) is 13.6. The molecule has 30 heavy (non-hydrogen) atoms. The van der Waals surface area contributed by atoms with Crippen molar-refractivity contribution in [1.29, 1.82) is 0 Å². The van der Waals surface area contributed by atoms with Crippen LogP contribution in [0.5, 0.6) is 0 Å². The molecule has 0 aromatic rings. The van der Waals surface area contributed by atoms with Gasteiger partial charge in [0.1, 0.15) is 6.54 Å². The van der Waals surface area contributed by atoms with Crippen molar-refractivity contribution >= 4 is 33.5 Å². The molecule has 3 heterocycles. The molecular weight excluding hydrogens is 428 g/mol. The molecule has 3 aliphatic rings. The molecule has 1 N–H and O–H groups in total. The molecule has 0 unspecified atom stereocenters. The number of esters is 1. The predicted octanol–water partition coefficient (Wildman–Crippen LogP) is 0.425. The molecule has 0 spiro atoms. The summed E-state index contributed by atoms with van der Waals surface area (Å²) in [5, 5.41) is 3.59. The monoisotopic (exact) mass is 462 g/mol. The van der Waals surface area contributed by atoms with E-state index in [4.69, 9.17) is 21.7 Å². The van der Waals surface area contributed by atoms with Crippen molar-refractivity contribution < 1.29 is 22.7 Å². The van der Waals surface area contributed by atoms with E-state index in [0.29, 0.717) is 62.9 Å². The Morgan fingerprint density at radius 3 is 2.10 bits per heavy atom. The lowest BCUT2D eigenvalue weighted by molar-refractivity contribution is -0.141. The second-order valence-electron chi connectivity index (χ2n) is 8.04. The maximum atomic E-state index is 12.8. The zero-order chi connectivity index (χ0) is 21.6. The number of carbonyl (C=O) groups is 1. The highest BCUT2D eigenvalue weighted by molar-refractivity contribution is 7.86. The van der Waals surface area contributed by atoms with E-state index in [1.165, 1.54) is 0 Å². The summed E-state index contributed by atoms with van der Waals surface area (Å²) in [6, 6.07) is 0. The lowest BCUT2D eigenvalue weighted by Gasteiger charge is -2.41. The number of hydrogen-bond acceptors (Lipinski definition) is 6. The number of hydrogen-bond donors (Lipinski definition) is 1. The molecule has 0 bridgehead atoms. The molecule has 0 aliphatic carbocycles. The van der Waals surface area contributed by atoms with Gasteiger partial charge in [0.2, 0.25) is 0 Å². The van der Waals surface area contributed by atoms with E-state index in [1.54, 1.807) is 15.5 Å². The number of thiocarbonyl (C=S) groups is 1. The third-order valence-corrected chi connectivity index (χ3v) is 8.74. The van der Waals surface area contributed by atoms with Gasteiger partial charge in [0.15, 0.2) is 5.11 Å². The standard InChI is InChI=1S/C19H34N4O5S2/c1-2-28-18(24)15-20-19(29)21-7-3-16(4-8-21)17-5-9-22(10-6-17)30(25,26)23-11-13-27-14-12-23/h16-17H,2-15H2,1H3,(H,20,29). The highest BCUT2D eigenvalue weighted by Gasteiger charge is 2.36. The van der Waals surface area contributed by atoms with Gasteiger partial charge in [-0.1, -0.05) is 0 Å². The third-order valence-electron chi connectivity index (χ3n) is 6.30. The van der Waals surface area contributed by atoms with Crippen LogP contribution in [0.25, 0.3) is 0 Å². The fourth-order valence-electron chi connectivity index (χ4n) is 4.56. The van der Waals surface area contributed by atoms with Crippen LogP contribution < -0.4 is 5.32 Å². The first kappa shape index (κ1) is 23.6. The summed E-state index contributed by atoms with van der Waals surface area (Å²) >= 11 is 5.41. The number of rotatable bonds is 6. The average molecular weight is 463 g/mol. The van der Waals surface area contributed by atoms with Crippen LogP contribution in [0.4, 0.5) is 0 Å². The van der Waals surface area contributed by atoms with E-state index in [0.717, 1.165) is 38.8 Å². The molecule has 0 atom stereocenters. The van der Waals surface area contributed by atoms with Crippen molar-refractivity contribution in [3.05, 3.63) is 0 Å².